The first-order valence-corrected chi connectivity index (χ1v) is 10.8. The van der Waals surface area contributed by atoms with Crippen LogP contribution in [0.15, 0.2) is 38.8 Å². The predicted octanol–water partition coefficient (Wildman–Crippen LogP) is 1.59. The maximum Gasteiger partial charge on any atom is 0.330 e. The summed E-state index contributed by atoms with van der Waals surface area (Å²) in [5, 5.41) is 3.11. The molecule has 10 heteroatoms. The van der Waals surface area contributed by atoms with Crippen LogP contribution in [0.5, 0.6) is 0 Å². The van der Waals surface area contributed by atoms with Gasteiger partial charge in [-0.3, -0.25) is 19.1 Å². The zero-order chi connectivity index (χ0) is 22.3. The molecule has 0 unspecified atom stereocenters. The second-order valence-electron chi connectivity index (χ2n) is 7.09. The summed E-state index contributed by atoms with van der Waals surface area (Å²) < 4.78 is 6.38. The van der Waals surface area contributed by atoms with Gasteiger partial charge in [0, 0.05) is 30.8 Å². The van der Waals surface area contributed by atoms with Gasteiger partial charge in [0.05, 0.1) is 13.2 Å². The molecule has 0 radical (unpaired) electrons. The fraction of sp³-hybridized carbons (Fsp3) is 0.450. The van der Waals surface area contributed by atoms with E-state index in [2.05, 4.69) is 10.3 Å². The number of benzene rings is 1. The van der Waals surface area contributed by atoms with E-state index in [1.165, 1.54) is 16.6 Å². The van der Waals surface area contributed by atoms with Crippen LogP contribution in [-0.4, -0.2) is 48.5 Å². The van der Waals surface area contributed by atoms with E-state index in [-0.39, 0.29) is 43.0 Å². The number of aromatic amines is 1. The van der Waals surface area contributed by atoms with E-state index < -0.39 is 11.2 Å². The number of nitrogens with zero attached hydrogens (tertiary/aromatic N) is 2. The van der Waals surface area contributed by atoms with Crippen LogP contribution in [0.4, 0.5) is 17.2 Å². The van der Waals surface area contributed by atoms with E-state index in [0.717, 1.165) is 10.6 Å². The molecule has 1 aromatic carbocycles. The fourth-order valence-electron chi connectivity index (χ4n) is 2.99. The molecule has 9 nitrogen and oxygen atoms in total. The number of amides is 1. The van der Waals surface area contributed by atoms with Gasteiger partial charge in [-0.25, -0.2) is 4.79 Å². The van der Waals surface area contributed by atoms with E-state index in [4.69, 9.17) is 10.5 Å². The summed E-state index contributed by atoms with van der Waals surface area (Å²) in [7, 11) is 1.50. The molecule has 2 aromatic rings. The van der Waals surface area contributed by atoms with Gasteiger partial charge in [0.1, 0.15) is 5.82 Å². The molecule has 30 heavy (non-hydrogen) atoms. The van der Waals surface area contributed by atoms with Crippen LogP contribution < -0.4 is 27.2 Å². The van der Waals surface area contributed by atoms with E-state index in [1.807, 2.05) is 44.4 Å². The quantitative estimate of drug-likeness (QED) is 0.484. The zero-order valence-corrected chi connectivity index (χ0v) is 18.5. The number of para-hydroxylation sites is 1. The largest absolute Gasteiger partial charge is 0.383 e. The van der Waals surface area contributed by atoms with Gasteiger partial charge in [0.2, 0.25) is 5.91 Å². The van der Waals surface area contributed by atoms with Crippen molar-refractivity contribution in [1.29, 1.82) is 0 Å². The smallest absolute Gasteiger partial charge is 0.330 e. The van der Waals surface area contributed by atoms with Crippen LogP contribution >= 0.6 is 11.8 Å². The number of nitrogens with one attached hydrogen (secondary N) is 2. The Morgan fingerprint density at radius 2 is 2.03 bits per heavy atom. The third-order valence-electron chi connectivity index (χ3n) is 4.39. The number of nitrogens with two attached hydrogens (primary N) is 1. The number of carbonyl (C=O) groups is 1. The SMILES string of the molecule is COCCN(C(=O)CNc1ccccc1SC)c1c(N)n(CC(C)C)c(=O)[nH]c1=O. The Morgan fingerprint density at radius 1 is 1.33 bits per heavy atom. The molecule has 164 valence electrons. The van der Waals surface area contributed by atoms with Crippen molar-refractivity contribution in [2.24, 2.45) is 5.92 Å². The average Bonchev–Trinajstić information content (AvgIpc) is 2.71. The minimum absolute atomic E-state index is 0.0357. The Balaban J connectivity index is 2.38. The first-order chi connectivity index (χ1) is 14.3. The Kier molecular flexibility index (Phi) is 8.55. The summed E-state index contributed by atoms with van der Waals surface area (Å²) >= 11 is 1.56. The van der Waals surface area contributed by atoms with Crippen molar-refractivity contribution in [3.8, 4) is 0 Å². The van der Waals surface area contributed by atoms with E-state index in [0.29, 0.717) is 6.54 Å². The molecule has 0 saturated carbocycles. The summed E-state index contributed by atoms with van der Waals surface area (Å²) in [6.07, 6.45) is 1.95. The van der Waals surface area contributed by atoms with Gasteiger partial charge in [0.25, 0.3) is 5.56 Å². The summed E-state index contributed by atoms with van der Waals surface area (Å²) in [6, 6.07) is 7.62. The van der Waals surface area contributed by atoms with Crippen molar-refractivity contribution >= 4 is 34.9 Å². The van der Waals surface area contributed by atoms with E-state index in [9.17, 15) is 14.4 Å². The number of H-pyrrole nitrogens is 1. The first-order valence-electron chi connectivity index (χ1n) is 9.58. The summed E-state index contributed by atoms with van der Waals surface area (Å²) in [5.41, 5.74) is 5.65. The number of thioether (sulfide) groups is 1. The van der Waals surface area contributed by atoms with Crippen LogP contribution in [-0.2, 0) is 16.1 Å². The van der Waals surface area contributed by atoms with Gasteiger partial charge in [-0.1, -0.05) is 26.0 Å². The summed E-state index contributed by atoms with van der Waals surface area (Å²) in [5.74, 6) is -0.280. The van der Waals surface area contributed by atoms with Crippen molar-refractivity contribution in [1.82, 2.24) is 9.55 Å². The number of ether oxygens (including phenoxy) is 1. The third kappa shape index (κ3) is 5.67. The molecule has 2 rings (SSSR count). The number of nitrogen functional groups attached to an aromatic ring is 1. The number of anilines is 3. The van der Waals surface area contributed by atoms with Crippen LogP contribution in [0.1, 0.15) is 13.8 Å². The maximum atomic E-state index is 13.1. The molecule has 0 spiro atoms. The number of carbonyl (C=O) groups excluding carboxylic acids is 1. The standard InChI is InChI=1S/C20H29N5O4S/c1-13(2)12-25-18(21)17(19(27)23-20(25)28)24(9-10-29-3)16(26)11-22-14-7-5-6-8-15(14)30-4/h5-8,13,22H,9-12,21H2,1-4H3,(H,23,27,28). The minimum Gasteiger partial charge on any atom is -0.383 e. The highest BCUT2D eigenvalue weighted by Crippen LogP contribution is 2.24. The molecule has 0 fully saturated rings. The van der Waals surface area contributed by atoms with Crippen molar-refractivity contribution in [2.45, 2.75) is 25.3 Å². The fourth-order valence-corrected chi connectivity index (χ4v) is 3.56. The monoisotopic (exact) mass is 435 g/mol. The lowest BCUT2D eigenvalue weighted by molar-refractivity contribution is -0.117. The topological polar surface area (TPSA) is 122 Å². The molecular formula is C20H29N5O4S. The van der Waals surface area contributed by atoms with Gasteiger partial charge in [0.15, 0.2) is 5.69 Å². The Labute approximate surface area is 179 Å². The number of rotatable bonds is 10. The van der Waals surface area contributed by atoms with Crippen molar-refractivity contribution in [2.75, 3.05) is 49.0 Å². The average molecular weight is 436 g/mol. The van der Waals surface area contributed by atoms with Gasteiger partial charge >= 0.3 is 5.69 Å². The van der Waals surface area contributed by atoms with Gasteiger partial charge in [-0.15, -0.1) is 11.8 Å². The van der Waals surface area contributed by atoms with Crippen LogP contribution in [0.2, 0.25) is 0 Å². The summed E-state index contributed by atoms with van der Waals surface area (Å²) in [4.78, 5) is 42.4. The van der Waals surface area contributed by atoms with Crippen LogP contribution in [0.25, 0.3) is 0 Å². The van der Waals surface area contributed by atoms with Gasteiger partial charge in [-0.05, 0) is 24.3 Å². The number of hydrogen-bond acceptors (Lipinski definition) is 7. The normalized spacial score (nSPS) is 11.0. The van der Waals surface area contributed by atoms with Crippen LogP contribution in [0.3, 0.4) is 0 Å². The Hall–Kier alpha value is -2.72. The Bertz CT molecular complexity index is 986. The van der Waals surface area contributed by atoms with Gasteiger partial charge < -0.3 is 20.7 Å². The zero-order valence-electron chi connectivity index (χ0n) is 17.7. The molecule has 0 aliphatic heterocycles. The first kappa shape index (κ1) is 23.6. The molecule has 1 aromatic heterocycles. The Morgan fingerprint density at radius 3 is 2.67 bits per heavy atom. The number of aromatic nitrogens is 2. The maximum absolute atomic E-state index is 13.1. The van der Waals surface area contributed by atoms with Crippen molar-refractivity contribution in [3.05, 3.63) is 45.1 Å². The van der Waals surface area contributed by atoms with Gasteiger partial charge in [-0.2, -0.15) is 0 Å². The highest BCUT2D eigenvalue weighted by Gasteiger charge is 2.24. The lowest BCUT2D eigenvalue weighted by atomic mass is 10.2. The third-order valence-corrected chi connectivity index (χ3v) is 5.18. The van der Waals surface area contributed by atoms with Crippen molar-refractivity contribution in [3.63, 3.8) is 0 Å². The molecule has 4 N–H and O–H groups in total. The van der Waals surface area contributed by atoms with Crippen LogP contribution in [0, 0.1) is 5.92 Å². The number of hydrogen-bond donors (Lipinski definition) is 3. The predicted molar refractivity (Wildman–Crippen MR) is 122 cm³/mol. The molecule has 1 heterocycles. The number of methoxy groups -OCH3 is 1. The molecular weight excluding hydrogens is 406 g/mol. The van der Waals surface area contributed by atoms with E-state index >= 15 is 0 Å². The molecule has 0 bridgehead atoms. The minimum atomic E-state index is -0.702. The second kappa shape index (κ2) is 10.9. The lowest BCUT2D eigenvalue weighted by Crippen LogP contribution is -2.44. The molecule has 0 saturated heterocycles. The highest BCUT2D eigenvalue weighted by molar-refractivity contribution is 7.98. The molecule has 0 atom stereocenters. The lowest BCUT2D eigenvalue weighted by Gasteiger charge is -2.25. The summed E-state index contributed by atoms with van der Waals surface area (Å²) in [6.45, 7) is 4.45. The molecule has 1 amide bonds. The van der Waals surface area contributed by atoms with Crippen molar-refractivity contribution < 1.29 is 9.53 Å². The second-order valence-corrected chi connectivity index (χ2v) is 7.94. The highest BCUT2D eigenvalue weighted by atomic mass is 32.2. The van der Waals surface area contributed by atoms with E-state index in [1.54, 1.807) is 11.8 Å². The molecule has 0 aliphatic carbocycles. The molecule has 0 aliphatic rings.